The minimum absolute atomic E-state index is 0.258. The number of terminal acetylenes is 1. The minimum atomic E-state index is 0.258. The van der Waals surface area contributed by atoms with Gasteiger partial charge in [0.05, 0.1) is 5.56 Å². The van der Waals surface area contributed by atoms with Crippen molar-refractivity contribution in [2.45, 2.75) is 19.8 Å². The van der Waals surface area contributed by atoms with Crippen LogP contribution in [0.4, 0.5) is 0 Å². The number of benzene rings is 1. The van der Waals surface area contributed by atoms with Gasteiger partial charge in [-0.25, -0.2) is 0 Å². The highest BCUT2D eigenvalue weighted by molar-refractivity contribution is 9.10. The van der Waals surface area contributed by atoms with E-state index in [1.165, 1.54) is 12.8 Å². The summed E-state index contributed by atoms with van der Waals surface area (Å²) in [5, 5.41) is 0. The molecule has 1 aromatic carbocycles. The molecule has 0 atom stereocenters. The molecule has 0 bridgehead atoms. The molecular weight excluding hydrogens is 334 g/mol. The standard InChI is InChI=1S/C16H18BrNOS/c1-3-10-19-15-5-4-13(17)11-14(15)16(20)18-8-6-12(2)7-9-18/h1,4-5,11-12H,6-10H2,2H3. The normalized spacial score (nSPS) is 15.8. The molecule has 0 aliphatic carbocycles. The van der Waals surface area contributed by atoms with Crippen molar-refractivity contribution in [2.24, 2.45) is 5.92 Å². The number of piperidine rings is 1. The van der Waals surface area contributed by atoms with Crippen LogP contribution in [-0.4, -0.2) is 29.6 Å². The molecule has 2 nitrogen and oxygen atoms in total. The van der Waals surface area contributed by atoms with Crippen molar-refractivity contribution in [3.63, 3.8) is 0 Å². The fourth-order valence-corrected chi connectivity index (χ4v) is 3.00. The highest BCUT2D eigenvalue weighted by Crippen LogP contribution is 2.27. The molecule has 0 N–H and O–H groups in total. The van der Waals surface area contributed by atoms with Gasteiger partial charge in [0, 0.05) is 17.6 Å². The predicted octanol–water partition coefficient (Wildman–Crippen LogP) is 3.87. The van der Waals surface area contributed by atoms with Crippen LogP contribution in [-0.2, 0) is 0 Å². The van der Waals surface area contributed by atoms with Crippen LogP contribution in [0, 0.1) is 18.3 Å². The molecular formula is C16H18BrNOS. The number of nitrogens with zero attached hydrogens (tertiary/aromatic N) is 1. The number of hydrogen-bond donors (Lipinski definition) is 0. The topological polar surface area (TPSA) is 12.5 Å². The van der Waals surface area contributed by atoms with Gasteiger partial charge in [0.25, 0.3) is 0 Å². The lowest BCUT2D eigenvalue weighted by molar-refractivity contribution is 0.283. The largest absolute Gasteiger partial charge is 0.480 e. The fraction of sp³-hybridized carbons (Fsp3) is 0.438. The molecule has 0 amide bonds. The monoisotopic (exact) mass is 351 g/mol. The smallest absolute Gasteiger partial charge is 0.148 e. The maximum absolute atomic E-state index is 5.65. The van der Waals surface area contributed by atoms with E-state index in [-0.39, 0.29) is 6.61 Å². The molecule has 1 saturated heterocycles. The Labute approximate surface area is 134 Å². The van der Waals surface area contributed by atoms with Crippen LogP contribution in [0.1, 0.15) is 25.3 Å². The summed E-state index contributed by atoms with van der Waals surface area (Å²) in [5.74, 6) is 4.04. The Kier molecular flexibility index (Phi) is 5.45. The van der Waals surface area contributed by atoms with Gasteiger partial charge < -0.3 is 9.64 Å². The highest BCUT2D eigenvalue weighted by atomic mass is 79.9. The van der Waals surface area contributed by atoms with Crippen molar-refractivity contribution < 1.29 is 4.74 Å². The van der Waals surface area contributed by atoms with Gasteiger partial charge in [-0.2, -0.15) is 0 Å². The molecule has 0 unspecified atom stereocenters. The summed E-state index contributed by atoms with van der Waals surface area (Å²) < 4.78 is 6.60. The molecule has 0 saturated carbocycles. The van der Waals surface area contributed by atoms with Crippen molar-refractivity contribution >= 4 is 33.1 Å². The molecule has 1 fully saturated rings. The second-order valence-electron chi connectivity index (χ2n) is 5.11. The molecule has 1 aliphatic heterocycles. The molecule has 1 aliphatic rings. The zero-order chi connectivity index (χ0) is 14.5. The van der Waals surface area contributed by atoms with E-state index in [1.54, 1.807) is 0 Å². The lowest BCUT2D eigenvalue weighted by Crippen LogP contribution is -2.37. The molecule has 106 valence electrons. The van der Waals surface area contributed by atoms with Crippen LogP contribution in [0.3, 0.4) is 0 Å². The molecule has 0 spiro atoms. The maximum Gasteiger partial charge on any atom is 0.148 e. The van der Waals surface area contributed by atoms with Crippen LogP contribution < -0.4 is 4.74 Å². The lowest BCUT2D eigenvalue weighted by atomic mass is 9.99. The first-order chi connectivity index (χ1) is 9.61. The quantitative estimate of drug-likeness (QED) is 0.605. The van der Waals surface area contributed by atoms with Gasteiger partial charge in [0.15, 0.2) is 0 Å². The summed E-state index contributed by atoms with van der Waals surface area (Å²) in [4.78, 5) is 3.12. The van der Waals surface area contributed by atoms with Crippen LogP contribution in [0.25, 0.3) is 0 Å². The van der Waals surface area contributed by atoms with E-state index >= 15 is 0 Å². The van der Waals surface area contributed by atoms with Crippen molar-refractivity contribution in [3.05, 3.63) is 28.2 Å². The van der Waals surface area contributed by atoms with Crippen LogP contribution >= 0.6 is 28.1 Å². The summed E-state index contributed by atoms with van der Waals surface area (Å²) in [7, 11) is 0. The van der Waals surface area contributed by atoms with Crippen molar-refractivity contribution in [2.75, 3.05) is 19.7 Å². The van der Waals surface area contributed by atoms with E-state index in [0.29, 0.717) is 0 Å². The van der Waals surface area contributed by atoms with E-state index in [1.807, 2.05) is 18.2 Å². The van der Waals surface area contributed by atoms with Crippen molar-refractivity contribution in [3.8, 4) is 18.1 Å². The molecule has 1 aromatic rings. The maximum atomic E-state index is 5.65. The van der Waals surface area contributed by atoms with E-state index < -0.39 is 0 Å². The van der Waals surface area contributed by atoms with Crippen LogP contribution in [0.5, 0.6) is 5.75 Å². The number of hydrogen-bond acceptors (Lipinski definition) is 2. The molecule has 1 heterocycles. The van der Waals surface area contributed by atoms with E-state index in [4.69, 9.17) is 23.4 Å². The van der Waals surface area contributed by atoms with E-state index in [2.05, 4.69) is 33.7 Å². The third-order valence-corrected chi connectivity index (χ3v) is 4.53. The average Bonchev–Trinajstić information content (AvgIpc) is 2.46. The SMILES string of the molecule is C#CCOc1ccc(Br)cc1C(=S)N1CCC(C)CC1. The summed E-state index contributed by atoms with van der Waals surface area (Å²) in [5.41, 5.74) is 0.944. The van der Waals surface area contributed by atoms with E-state index in [0.717, 1.165) is 39.8 Å². The van der Waals surface area contributed by atoms with Gasteiger partial charge in [-0.3, -0.25) is 0 Å². The Morgan fingerprint density at radius 3 is 2.85 bits per heavy atom. The summed E-state index contributed by atoms with van der Waals surface area (Å²) in [6, 6.07) is 5.86. The molecule has 20 heavy (non-hydrogen) atoms. The average molecular weight is 352 g/mol. The summed E-state index contributed by atoms with van der Waals surface area (Å²) >= 11 is 9.14. The second kappa shape index (κ2) is 7.10. The van der Waals surface area contributed by atoms with Gasteiger partial charge >= 0.3 is 0 Å². The van der Waals surface area contributed by atoms with E-state index in [9.17, 15) is 0 Å². The Hall–Kier alpha value is -1.05. The van der Waals surface area contributed by atoms with Crippen LogP contribution in [0.15, 0.2) is 22.7 Å². The fourth-order valence-electron chi connectivity index (χ4n) is 2.30. The number of likely N-dealkylation sites (tertiary alicyclic amines) is 1. The van der Waals surface area contributed by atoms with Gasteiger partial charge in [-0.1, -0.05) is 41.0 Å². The Balaban J connectivity index is 2.19. The summed E-state index contributed by atoms with van der Waals surface area (Å²) in [6.07, 6.45) is 7.64. The first kappa shape index (κ1) is 15.3. The Morgan fingerprint density at radius 2 is 2.20 bits per heavy atom. The van der Waals surface area contributed by atoms with Crippen molar-refractivity contribution in [1.29, 1.82) is 0 Å². The number of thiocarbonyl (C=S) groups is 1. The van der Waals surface area contributed by atoms with Crippen LogP contribution in [0.2, 0.25) is 0 Å². The number of ether oxygens (including phenoxy) is 1. The third-order valence-electron chi connectivity index (χ3n) is 3.55. The van der Waals surface area contributed by atoms with Crippen molar-refractivity contribution in [1.82, 2.24) is 4.90 Å². The lowest BCUT2D eigenvalue weighted by Gasteiger charge is -2.32. The van der Waals surface area contributed by atoms with Gasteiger partial charge in [-0.15, -0.1) is 6.42 Å². The first-order valence-corrected chi connectivity index (χ1v) is 7.97. The molecule has 4 heteroatoms. The molecule has 0 radical (unpaired) electrons. The van der Waals surface area contributed by atoms with Gasteiger partial charge in [-0.05, 0) is 37.0 Å². The zero-order valence-electron chi connectivity index (χ0n) is 11.6. The summed E-state index contributed by atoms with van der Waals surface area (Å²) in [6.45, 7) is 4.58. The second-order valence-corrected chi connectivity index (χ2v) is 6.41. The minimum Gasteiger partial charge on any atom is -0.480 e. The zero-order valence-corrected chi connectivity index (χ0v) is 14.0. The number of halogens is 1. The van der Waals surface area contributed by atoms with Gasteiger partial charge in [0.1, 0.15) is 17.3 Å². The third kappa shape index (κ3) is 3.74. The predicted molar refractivity (Wildman–Crippen MR) is 90.1 cm³/mol. The first-order valence-electron chi connectivity index (χ1n) is 6.77. The molecule has 0 aromatic heterocycles. The Morgan fingerprint density at radius 1 is 1.50 bits per heavy atom. The number of rotatable bonds is 3. The Bertz CT molecular complexity index is 530. The van der Waals surface area contributed by atoms with Gasteiger partial charge in [0.2, 0.25) is 0 Å². The highest BCUT2D eigenvalue weighted by Gasteiger charge is 2.21. The molecule has 2 rings (SSSR count).